The summed E-state index contributed by atoms with van der Waals surface area (Å²) in [5.41, 5.74) is 1.02. The van der Waals surface area contributed by atoms with Crippen molar-refractivity contribution in [2.24, 2.45) is 0 Å². The van der Waals surface area contributed by atoms with Gasteiger partial charge in [-0.05, 0) is 38.3 Å². The van der Waals surface area contributed by atoms with Crippen molar-refractivity contribution in [3.05, 3.63) is 30.1 Å². The van der Waals surface area contributed by atoms with Crippen molar-refractivity contribution >= 4 is 5.91 Å². The van der Waals surface area contributed by atoms with E-state index >= 15 is 0 Å². The first-order chi connectivity index (χ1) is 8.59. The number of hydrogen-bond acceptors (Lipinski definition) is 3. The molecule has 0 aliphatic heterocycles. The lowest BCUT2D eigenvalue weighted by Gasteiger charge is -2.17. The van der Waals surface area contributed by atoms with Gasteiger partial charge in [0.25, 0.3) is 0 Å². The minimum atomic E-state index is -0.353. The summed E-state index contributed by atoms with van der Waals surface area (Å²) in [6.07, 6.45) is 4.22. The van der Waals surface area contributed by atoms with E-state index < -0.39 is 0 Å². The van der Waals surface area contributed by atoms with Gasteiger partial charge in [-0.1, -0.05) is 6.07 Å². The Labute approximate surface area is 109 Å². The van der Waals surface area contributed by atoms with E-state index in [9.17, 15) is 4.79 Å². The van der Waals surface area contributed by atoms with Crippen molar-refractivity contribution < 1.29 is 9.90 Å². The normalized spacial score (nSPS) is 12.2. The van der Waals surface area contributed by atoms with E-state index in [0.29, 0.717) is 19.4 Å². The van der Waals surface area contributed by atoms with E-state index in [2.05, 4.69) is 4.98 Å². The van der Waals surface area contributed by atoms with Crippen LogP contribution in [0.15, 0.2) is 24.4 Å². The highest BCUT2D eigenvalue weighted by atomic mass is 16.3. The number of carbonyl (C=O) groups is 1. The standard InChI is InChI=1S/C14H22N2O2/c1-12(17)9-11-16(2)14(18)8-5-7-13-6-3-4-10-15-13/h3-4,6,10,12,17H,5,7-9,11H2,1-2H3. The number of rotatable bonds is 7. The van der Waals surface area contributed by atoms with Crippen LogP contribution in [-0.2, 0) is 11.2 Å². The fourth-order valence-corrected chi connectivity index (χ4v) is 1.66. The van der Waals surface area contributed by atoms with E-state index in [0.717, 1.165) is 18.5 Å². The summed E-state index contributed by atoms with van der Waals surface area (Å²) < 4.78 is 0. The summed E-state index contributed by atoms with van der Waals surface area (Å²) in [4.78, 5) is 17.7. The molecule has 0 fully saturated rings. The van der Waals surface area contributed by atoms with Crippen molar-refractivity contribution in [3.63, 3.8) is 0 Å². The summed E-state index contributed by atoms with van der Waals surface area (Å²) in [6.45, 7) is 2.35. The second-order valence-corrected chi connectivity index (χ2v) is 4.63. The number of pyridine rings is 1. The van der Waals surface area contributed by atoms with Gasteiger partial charge in [0, 0.05) is 31.9 Å². The van der Waals surface area contributed by atoms with Gasteiger partial charge in [0.05, 0.1) is 6.10 Å². The van der Waals surface area contributed by atoms with Crippen LogP contribution in [0.1, 0.15) is 31.9 Å². The van der Waals surface area contributed by atoms with Gasteiger partial charge >= 0.3 is 0 Å². The molecule has 0 radical (unpaired) electrons. The summed E-state index contributed by atoms with van der Waals surface area (Å²) in [6, 6.07) is 5.82. The molecule has 1 amide bonds. The van der Waals surface area contributed by atoms with Crippen molar-refractivity contribution in [2.45, 2.75) is 38.7 Å². The molecule has 1 aromatic rings. The van der Waals surface area contributed by atoms with Gasteiger partial charge in [-0.25, -0.2) is 0 Å². The van der Waals surface area contributed by atoms with Gasteiger partial charge in [0.2, 0.25) is 5.91 Å². The van der Waals surface area contributed by atoms with Crippen LogP contribution in [0.2, 0.25) is 0 Å². The Balaban J connectivity index is 2.20. The molecular formula is C14H22N2O2. The highest BCUT2D eigenvalue weighted by molar-refractivity contribution is 5.75. The van der Waals surface area contributed by atoms with E-state index in [1.807, 2.05) is 18.2 Å². The SMILES string of the molecule is CC(O)CCN(C)C(=O)CCCc1ccccn1. The Morgan fingerprint density at radius 1 is 1.50 bits per heavy atom. The molecule has 0 saturated carbocycles. The van der Waals surface area contributed by atoms with Crippen molar-refractivity contribution in [1.29, 1.82) is 0 Å². The minimum absolute atomic E-state index is 0.131. The highest BCUT2D eigenvalue weighted by Gasteiger charge is 2.09. The number of nitrogens with zero attached hydrogens (tertiary/aromatic N) is 2. The van der Waals surface area contributed by atoms with Crippen LogP contribution < -0.4 is 0 Å². The maximum absolute atomic E-state index is 11.8. The maximum Gasteiger partial charge on any atom is 0.222 e. The lowest BCUT2D eigenvalue weighted by Crippen LogP contribution is -2.29. The number of aryl methyl sites for hydroxylation is 1. The molecular weight excluding hydrogens is 228 g/mol. The van der Waals surface area contributed by atoms with Gasteiger partial charge in [0.15, 0.2) is 0 Å². The van der Waals surface area contributed by atoms with Gasteiger partial charge in [-0.3, -0.25) is 9.78 Å². The zero-order chi connectivity index (χ0) is 13.4. The molecule has 100 valence electrons. The molecule has 4 heteroatoms. The van der Waals surface area contributed by atoms with E-state index in [4.69, 9.17) is 5.11 Å². The fourth-order valence-electron chi connectivity index (χ4n) is 1.66. The number of carbonyl (C=O) groups excluding carboxylic acids is 1. The summed E-state index contributed by atoms with van der Waals surface area (Å²) in [5, 5.41) is 9.16. The molecule has 1 rings (SSSR count). The molecule has 0 saturated heterocycles. The Morgan fingerprint density at radius 2 is 2.28 bits per heavy atom. The molecule has 1 atom stereocenters. The largest absolute Gasteiger partial charge is 0.393 e. The first-order valence-electron chi connectivity index (χ1n) is 6.41. The van der Waals surface area contributed by atoms with Crippen LogP contribution in [-0.4, -0.2) is 40.6 Å². The lowest BCUT2D eigenvalue weighted by atomic mass is 10.1. The molecule has 0 aliphatic rings. The quantitative estimate of drug-likeness (QED) is 0.800. The molecule has 4 nitrogen and oxygen atoms in total. The molecule has 1 N–H and O–H groups in total. The van der Waals surface area contributed by atoms with Gasteiger partial charge in [-0.2, -0.15) is 0 Å². The number of hydrogen-bond donors (Lipinski definition) is 1. The summed E-state index contributed by atoms with van der Waals surface area (Å²) in [7, 11) is 1.78. The third kappa shape index (κ3) is 5.77. The molecule has 18 heavy (non-hydrogen) atoms. The zero-order valence-electron chi connectivity index (χ0n) is 11.2. The third-order valence-corrected chi connectivity index (χ3v) is 2.86. The van der Waals surface area contributed by atoms with Gasteiger partial charge in [-0.15, -0.1) is 0 Å². The van der Waals surface area contributed by atoms with Gasteiger partial charge in [0.1, 0.15) is 0 Å². The molecule has 0 aromatic carbocycles. The van der Waals surface area contributed by atoms with Crippen LogP contribution >= 0.6 is 0 Å². The Morgan fingerprint density at radius 3 is 2.89 bits per heavy atom. The van der Waals surface area contributed by atoms with E-state index in [1.54, 1.807) is 25.1 Å². The van der Waals surface area contributed by atoms with Crippen LogP contribution in [0.25, 0.3) is 0 Å². The smallest absolute Gasteiger partial charge is 0.222 e. The number of aliphatic hydroxyl groups excluding tert-OH is 1. The molecule has 0 bridgehead atoms. The first kappa shape index (κ1) is 14.6. The first-order valence-corrected chi connectivity index (χ1v) is 6.41. The zero-order valence-corrected chi connectivity index (χ0v) is 11.2. The van der Waals surface area contributed by atoms with Gasteiger partial charge < -0.3 is 10.0 Å². The minimum Gasteiger partial charge on any atom is -0.393 e. The van der Waals surface area contributed by atoms with Crippen molar-refractivity contribution in [2.75, 3.05) is 13.6 Å². The summed E-state index contributed by atoms with van der Waals surface area (Å²) >= 11 is 0. The van der Waals surface area contributed by atoms with Crippen LogP contribution in [0.3, 0.4) is 0 Å². The molecule has 0 spiro atoms. The Bertz CT molecular complexity index is 352. The van der Waals surface area contributed by atoms with E-state index in [1.165, 1.54) is 0 Å². The third-order valence-electron chi connectivity index (χ3n) is 2.86. The van der Waals surface area contributed by atoms with Crippen LogP contribution in [0.4, 0.5) is 0 Å². The van der Waals surface area contributed by atoms with Crippen molar-refractivity contribution in [1.82, 2.24) is 9.88 Å². The second kappa shape index (κ2) is 7.82. The monoisotopic (exact) mass is 250 g/mol. The Kier molecular flexibility index (Phi) is 6.36. The number of amides is 1. The number of aliphatic hydroxyl groups is 1. The number of aromatic nitrogens is 1. The predicted octanol–water partition coefficient (Wildman–Crippen LogP) is 1.63. The fraction of sp³-hybridized carbons (Fsp3) is 0.571. The van der Waals surface area contributed by atoms with E-state index in [-0.39, 0.29) is 12.0 Å². The summed E-state index contributed by atoms with van der Waals surface area (Å²) in [5.74, 6) is 0.131. The average Bonchev–Trinajstić information content (AvgIpc) is 2.37. The highest BCUT2D eigenvalue weighted by Crippen LogP contribution is 2.04. The molecule has 1 unspecified atom stereocenters. The molecule has 0 aliphatic carbocycles. The van der Waals surface area contributed by atoms with Crippen LogP contribution in [0, 0.1) is 0 Å². The lowest BCUT2D eigenvalue weighted by molar-refractivity contribution is -0.130. The van der Waals surface area contributed by atoms with Crippen molar-refractivity contribution in [3.8, 4) is 0 Å². The average molecular weight is 250 g/mol. The molecule has 1 aromatic heterocycles. The molecule has 1 heterocycles. The van der Waals surface area contributed by atoms with Crippen LogP contribution in [0.5, 0.6) is 0 Å². The second-order valence-electron chi connectivity index (χ2n) is 4.63. The Hall–Kier alpha value is -1.42. The predicted molar refractivity (Wildman–Crippen MR) is 71.1 cm³/mol. The topological polar surface area (TPSA) is 53.4 Å². The maximum atomic E-state index is 11.8.